The third-order valence-electron chi connectivity index (χ3n) is 1.50. The fraction of sp³-hybridized carbons (Fsp3) is 1.00. The predicted octanol–water partition coefficient (Wildman–Crippen LogP) is 1.47. The second-order valence-corrected chi connectivity index (χ2v) is 2.87. The van der Waals surface area contributed by atoms with E-state index in [9.17, 15) is 0 Å². The molecule has 0 unspecified atom stereocenters. The summed E-state index contributed by atoms with van der Waals surface area (Å²) in [6.07, 6.45) is 0. The van der Waals surface area contributed by atoms with Gasteiger partial charge in [-0.1, -0.05) is 41.5 Å². The first-order chi connectivity index (χ1) is 7.24. The largest absolute Gasteiger partial charge is 0.317 e. The van der Waals surface area contributed by atoms with Crippen molar-refractivity contribution in [2.75, 3.05) is 39.3 Å². The van der Waals surface area contributed by atoms with Crippen LogP contribution in [-0.2, 0) is 0 Å². The van der Waals surface area contributed by atoms with Gasteiger partial charge in [-0.05, 0) is 39.3 Å². The third kappa shape index (κ3) is 61.1. The van der Waals surface area contributed by atoms with Crippen LogP contribution < -0.4 is 16.0 Å². The average molecular weight is 428 g/mol. The summed E-state index contributed by atoms with van der Waals surface area (Å²) in [5.74, 6) is 0. The van der Waals surface area contributed by atoms with Crippen LogP contribution in [0.5, 0.6) is 0 Å². The van der Waals surface area contributed by atoms with Gasteiger partial charge in [0.2, 0.25) is 0 Å². The van der Waals surface area contributed by atoms with E-state index in [4.69, 9.17) is 0 Å². The molecule has 0 spiro atoms. The van der Waals surface area contributed by atoms with Gasteiger partial charge < -0.3 is 16.0 Å². The summed E-state index contributed by atoms with van der Waals surface area (Å²) in [5.41, 5.74) is 0. The van der Waals surface area contributed by atoms with Gasteiger partial charge in [0, 0.05) is 26.2 Å². The van der Waals surface area contributed by atoms with Gasteiger partial charge in [0.05, 0.1) is 0 Å². The van der Waals surface area contributed by atoms with Gasteiger partial charge in [0.1, 0.15) is 0 Å². The number of hydrogen-bond acceptors (Lipinski definition) is 3. The number of rotatable bonds is 6. The molecular formula is C12H33BiN3. The smallest absolute Gasteiger partial charge is 0 e. The maximum atomic E-state index is 3.11. The minimum atomic E-state index is 0. The SMILES string of the molecule is CCNCC.CCNCC.CCNCC.[Bi]. The summed E-state index contributed by atoms with van der Waals surface area (Å²) in [6.45, 7) is 19.2. The van der Waals surface area contributed by atoms with Crippen LogP contribution in [0.3, 0.4) is 0 Å². The molecule has 16 heavy (non-hydrogen) atoms. The average Bonchev–Trinajstić information content (AvgIpc) is 2.23. The molecule has 3 radical (unpaired) electrons. The fourth-order valence-electron chi connectivity index (χ4n) is 0.750. The van der Waals surface area contributed by atoms with E-state index >= 15 is 0 Å². The van der Waals surface area contributed by atoms with Crippen molar-refractivity contribution in [2.45, 2.75) is 41.5 Å². The Morgan fingerprint density at radius 1 is 0.438 bits per heavy atom. The first-order valence-electron chi connectivity index (χ1n) is 6.36. The summed E-state index contributed by atoms with van der Waals surface area (Å²) >= 11 is 0. The molecule has 3 nitrogen and oxygen atoms in total. The zero-order chi connectivity index (χ0) is 12.4. The molecule has 0 amide bonds. The van der Waals surface area contributed by atoms with Gasteiger partial charge in [0.25, 0.3) is 0 Å². The zero-order valence-corrected chi connectivity index (χ0v) is 15.7. The van der Waals surface area contributed by atoms with Crippen LogP contribution in [0, 0.1) is 0 Å². The van der Waals surface area contributed by atoms with E-state index in [1.807, 2.05) is 0 Å². The molecule has 0 aliphatic heterocycles. The van der Waals surface area contributed by atoms with Crippen molar-refractivity contribution in [3.05, 3.63) is 0 Å². The van der Waals surface area contributed by atoms with Gasteiger partial charge in [-0.3, -0.25) is 0 Å². The van der Waals surface area contributed by atoms with Crippen molar-refractivity contribution in [2.24, 2.45) is 0 Å². The fourth-order valence-corrected chi connectivity index (χ4v) is 0.750. The Balaban J connectivity index is -0.0000000655. The van der Waals surface area contributed by atoms with Gasteiger partial charge in [-0.25, -0.2) is 0 Å². The predicted molar refractivity (Wildman–Crippen MR) is 78.4 cm³/mol. The Morgan fingerprint density at radius 3 is 0.562 bits per heavy atom. The Labute approximate surface area is 123 Å². The molecule has 0 aromatic heterocycles. The van der Waals surface area contributed by atoms with Gasteiger partial charge in [-0.15, -0.1) is 0 Å². The van der Waals surface area contributed by atoms with Crippen molar-refractivity contribution in [1.82, 2.24) is 16.0 Å². The molecular weight excluding hydrogens is 395 g/mol. The molecule has 0 aromatic carbocycles. The van der Waals surface area contributed by atoms with Crippen LogP contribution >= 0.6 is 0 Å². The topological polar surface area (TPSA) is 36.1 Å². The molecule has 4 heteroatoms. The van der Waals surface area contributed by atoms with Crippen LogP contribution in [0.1, 0.15) is 41.5 Å². The molecule has 0 aromatic rings. The van der Waals surface area contributed by atoms with Crippen molar-refractivity contribution >= 4 is 26.2 Å². The van der Waals surface area contributed by atoms with Gasteiger partial charge >= 0.3 is 0 Å². The van der Waals surface area contributed by atoms with Gasteiger partial charge in [0.15, 0.2) is 0 Å². The summed E-state index contributed by atoms with van der Waals surface area (Å²) in [5, 5.41) is 9.33. The van der Waals surface area contributed by atoms with Crippen molar-refractivity contribution in [3.63, 3.8) is 0 Å². The summed E-state index contributed by atoms with van der Waals surface area (Å²) in [6, 6.07) is 0. The van der Waals surface area contributed by atoms with Crippen LogP contribution in [0.15, 0.2) is 0 Å². The van der Waals surface area contributed by atoms with E-state index in [0.29, 0.717) is 0 Å². The molecule has 0 aliphatic carbocycles. The minimum Gasteiger partial charge on any atom is -0.317 e. The van der Waals surface area contributed by atoms with E-state index in [-0.39, 0.29) is 26.2 Å². The molecule has 0 atom stereocenters. The third-order valence-corrected chi connectivity index (χ3v) is 1.50. The quantitative estimate of drug-likeness (QED) is 0.561. The van der Waals surface area contributed by atoms with Crippen molar-refractivity contribution < 1.29 is 0 Å². The van der Waals surface area contributed by atoms with E-state index in [1.54, 1.807) is 0 Å². The molecule has 0 aliphatic rings. The standard InChI is InChI=1S/3C4H11N.Bi/c3*1-3-5-4-2;/h3*5H,3-4H2,1-2H3;. The van der Waals surface area contributed by atoms with Crippen LogP contribution in [-0.4, -0.2) is 65.5 Å². The monoisotopic (exact) mass is 428 g/mol. The summed E-state index contributed by atoms with van der Waals surface area (Å²) in [7, 11) is 0. The van der Waals surface area contributed by atoms with E-state index in [1.165, 1.54) is 0 Å². The van der Waals surface area contributed by atoms with Crippen molar-refractivity contribution in [1.29, 1.82) is 0 Å². The maximum Gasteiger partial charge on any atom is 0 e. The summed E-state index contributed by atoms with van der Waals surface area (Å²) in [4.78, 5) is 0. The zero-order valence-electron chi connectivity index (χ0n) is 12.2. The minimum absolute atomic E-state index is 0. The maximum absolute atomic E-state index is 3.11. The molecule has 0 heterocycles. The van der Waals surface area contributed by atoms with E-state index in [0.717, 1.165) is 39.3 Å². The van der Waals surface area contributed by atoms with Gasteiger partial charge in [-0.2, -0.15) is 0 Å². The molecule has 101 valence electrons. The normalized spacial score (nSPS) is 7.88. The molecule has 0 rings (SSSR count). The van der Waals surface area contributed by atoms with Crippen LogP contribution in [0.2, 0.25) is 0 Å². The molecule has 0 bridgehead atoms. The second-order valence-electron chi connectivity index (χ2n) is 2.87. The first-order valence-corrected chi connectivity index (χ1v) is 6.36. The molecule has 0 saturated heterocycles. The Kier molecular flexibility index (Phi) is 57.6. The second kappa shape index (κ2) is 36.0. The summed E-state index contributed by atoms with van der Waals surface area (Å²) < 4.78 is 0. The Hall–Kier alpha value is 0.763. The first kappa shape index (κ1) is 25.6. The molecule has 0 fully saturated rings. The van der Waals surface area contributed by atoms with Crippen LogP contribution in [0.25, 0.3) is 0 Å². The molecule has 0 saturated carbocycles. The van der Waals surface area contributed by atoms with Crippen molar-refractivity contribution in [3.8, 4) is 0 Å². The van der Waals surface area contributed by atoms with E-state index in [2.05, 4.69) is 57.5 Å². The van der Waals surface area contributed by atoms with E-state index < -0.39 is 0 Å². The Morgan fingerprint density at radius 2 is 0.562 bits per heavy atom. The number of hydrogen-bond donors (Lipinski definition) is 3. The Bertz CT molecular complexity index is 53.0. The van der Waals surface area contributed by atoms with Crippen LogP contribution in [0.4, 0.5) is 0 Å². The molecule has 3 N–H and O–H groups in total. The number of nitrogens with one attached hydrogen (secondary N) is 3.